The van der Waals surface area contributed by atoms with Gasteiger partial charge < -0.3 is 14.2 Å². The minimum atomic E-state index is -0.298. The Balaban J connectivity index is 1.44. The summed E-state index contributed by atoms with van der Waals surface area (Å²) in [5, 5.41) is 13.4. The lowest BCUT2D eigenvalue weighted by atomic mass is 10.2. The van der Waals surface area contributed by atoms with Crippen molar-refractivity contribution in [2.75, 3.05) is 31.2 Å². The predicted molar refractivity (Wildman–Crippen MR) is 98.0 cm³/mol. The van der Waals surface area contributed by atoms with Crippen molar-refractivity contribution < 1.29 is 13.7 Å². The van der Waals surface area contributed by atoms with Gasteiger partial charge >= 0.3 is 0 Å². The molecule has 8 nitrogen and oxygen atoms in total. The highest BCUT2D eigenvalue weighted by Crippen LogP contribution is 2.26. The fourth-order valence-corrected chi connectivity index (χ4v) is 3.65. The molecule has 142 valence electrons. The van der Waals surface area contributed by atoms with Crippen LogP contribution in [0, 0.1) is 5.82 Å². The smallest absolute Gasteiger partial charge is 0.237 e. The van der Waals surface area contributed by atoms with Crippen LogP contribution in [0.3, 0.4) is 0 Å². The highest BCUT2D eigenvalue weighted by Gasteiger charge is 2.20. The summed E-state index contributed by atoms with van der Waals surface area (Å²) in [5.74, 6) is 1.97. The Morgan fingerprint density at radius 2 is 1.93 bits per heavy atom. The van der Waals surface area contributed by atoms with Gasteiger partial charge in [0.2, 0.25) is 17.7 Å². The summed E-state index contributed by atoms with van der Waals surface area (Å²) >= 11 is 1.50. The van der Waals surface area contributed by atoms with E-state index in [1.54, 1.807) is 12.1 Å². The number of rotatable bonds is 6. The number of halogens is 1. The van der Waals surface area contributed by atoms with E-state index in [1.807, 2.05) is 0 Å². The second-order valence-electron chi connectivity index (χ2n) is 5.93. The van der Waals surface area contributed by atoms with Crippen LogP contribution in [0.2, 0.25) is 0 Å². The summed E-state index contributed by atoms with van der Waals surface area (Å²) in [4.78, 5) is 6.56. The minimum Gasteiger partial charge on any atom is -0.378 e. The van der Waals surface area contributed by atoms with Gasteiger partial charge in [-0.25, -0.2) is 4.39 Å². The first kappa shape index (κ1) is 17.9. The lowest BCUT2D eigenvalue weighted by molar-refractivity contribution is 0.121. The topological polar surface area (TPSA) is 82.1 Å². The molecule has 4 rings (SSSR count). The van der Waals surface area contributed by atoms with Crippen LogP contribution < -0.4 is 4.90 Å². The van der Waals surface area contributed by atoms with Gasteiger partial charge in [-0.2, -0.15) is 4.98 Å². The molecule has 0 N–H and O–H groups in total. The number of anilines is 1. The van der Waals surface area contributed by atoms with Gasteiger partial charge in [0.25, 0.3) is 0 Å². The van der Waals surface area contributed by atoms with Gasteiger partial charge in [-0.3, -0.25) is 4.57 Å². The molecular weight excluding hydrogens is 371 g/mol. The summed E-state index contributed by atoms with van der Waals surface area (Å²) < 4.78 is 25.8. The minimum absolute atomic E-state index is 0.298. The van der Waals surface area contributed by atoms with E-state index in [2.05, 4.69) is 36.7 Å². The summed E-state index contributed by atoms with van der Waals surface area (Å²) in [6.07, 6.45) is 0. The van der Waals surface area contributed by atoms with E-state index in [4.69, 9.17) is 9.26 Å². The number of ether oxygens (including phenoxy) is 1. The Kier molecular flexibility index (Phi) is 5.35. The molecule has 1 saturated heterocycles. The maximum absolute atomic E-state index is 13.0. The van der Waals surface area contributed by atoms with Gasteiger partial charge in [-0.15, -0.1) is 10.2 Å². The third-order valence-corrected chi connectivity index (χ3v) is 5.15. The number of thioether (sulfide) groups is 1. The lowest BCUT2D eigenvalue weighted by Gasteiger charge is -2.27. The highest BCUT2D eigenvalue weighted by molar-refractivity contribution is 7.98. The Labute approximate surface area is 159 Å². The average molecular weight is 390 g/mol. The highest BCUT2D eigenvalue weighted by atomic mass is 32.2. The lowest BCUT2D eigenvalue weighted by Crippen LogP contribution is -2.38. The van der Waals surface area contributed by atoms with Gasteiger partial charge in [0.15, 0.2) is 5.16 Å². The number of morpholine rings is 1. The average Bonchev–Trinajstić information content (AvgIpc) is 3.34. The van der Waals surface area contributed by atoms with Crippen molar-refractivity contribution in [1.29, 1.82) is 0 Å². The second-order valence-corrected chi connectivity index (χ2v) is 6.88. The van der Waals surface area contributed by atoms with Crippen LogP contribution in [-0.4, -0.2) is 51.2 Å². The van der Waals surface area contributed by atoms with E-state index in [-0.39, 0.29) is 5.82 Å². The normalized spacial score (nSPS) is 14.7. The van der Waals surface area contributed by atoms with Crippen molar-refractivity contribution in [3.05, 3.63) is 36.0 Å². The molecule has 3 aromatic rings. The molecule has 0 amide bonds. The summed E-state index contributed by atoms with van der Waals surface area (Å²) in [6.45, 7) is 5.87. The zero-order valence-corrected chi connectivity index (χ0v) is 15.7. The Hall–Kier alpha value is -2.46. The van der Waals surface area contributed by atoms with E-state index in [1.165, 1.54) is 23.9 Å². The van der Waals surface area contributed by atoms with E-state index < -0.39 is 0 Å². The van der Waals surface area contributed by atoms with Crippen LogP contribution in [-0.2, 0) is 17.0 Å². The first-order valence-corrected chi connectivity index (χ1v) is 9.70. The zero-order chi connectivity index (χ0) is 18.6. The first-order valence-electron chi connectivity index (χ1n) is 8.72. The van der Waals surface area contributed by atoms with Crippen molar-refractivity contribution in [3.63, 3.8) is 0 Å². The first-order chi connectivity index (χ1) is 13.2. The summed E-state index contributed by atoms with van der Waals surface area (Å²) in [6, 6.07) is 5.99. The maximum Gasteiger partial charge on any atom is 0.237 e. The second kappa shape index (κ2) is 8.05. The van der Waals surface area contributed by atoms with Crippen LogP contribution in [0.4, 0.5) is 10.3 Å². The van der Waals surface area contributed by atoms with E-state index >= 15 is 0 Å². The molecule has 27 heavy (non-hydrogen) atoms. The van der Waals surface area contributed by atoms with Gasteiger partial charge in [0, 0.05) is 25.2 Å². The van der Waals surface area contributed by atoms with E-state index in [0.29, 0.717) is 36.2 Å². The number of hydrogen-bond acceptors (Lipinski definition) is 8. The predicted octanol–water partition coefficient (Wildman–Crippen LogP) is 2.62. The van der Waals surface area contributed by atoms with E-state index in [9.17, 15) is 4.39 Å². The van der Waals surface area contributed by atoms with Crippen molar-refractivity contribution in [2.45, 2.75) is 24.4 Å². The van der Waals surface area contributed by atoms with E-state index in [0.717, 1.165) is 30.7 Å². The van der Waals surface area contributed by atoms with Crippen molar-refractivity contribution >= 4 is 17.7 Å². The van der Waals surface area contributed by atoms with Gasteiger partial charge in [0.1, 0.15) is 5.82 Å². The van der Waals surface area contributed by atoms with Gasteiger partial charge in [-0.05, 0) is 31.2 Å². The molecule has 1 aliphatic rings. The summed E-state index contributed by atoms with van der Waals surface area (Å²) in [7, 11) is 0. The molecule has 0 atom stereocenters. The van der Waals surface area contributed by atoms with Crippen LogP contribution in [0.25, 0.3) is 11.4 Å². The molecule has 0 saturated carbocycles. The zero-order valence-electron chi connectivity index (χ0n) is 14.8. The monoisotopic (exact) mass is 390 g/mol. The number of aromatic nitrogens is 5. The van der Waals surface area contributed by atoms with Gasteiger partial charge in [0.05, 0.1) is 19.0 Å². The molecule has 0 aliphatic carbocycles. The van der Waals surface area contributed by atoms with Gasteiger partial charge in [-0.1, -0.05) is 16.9 Å². The van der Waals surface area contributed by atoms with Crippen LogP contribution in [0.15, 0.2) is 33.9 Å². The number of benzene rings is 1. The van der Waals surface area contributed by atoms with Crippen LogP contribution in [0.1, 0.15) is 12.8 Å². The molecule has 10 heteroatoms. The molecule has 0 unspecified atom stereocenters. The molecule has 0 radical (unpaired) electrons. The van der Waals surface area contributed by atoms with Crippen molar-refractivity contribution in [2.24, 2.45) is 0 Å². The summed E-state index contributed by atoms with van der Waals surface area (Å²) in [5.41, 5.74) is 0.711. The van der Waals surface area contributed by atoms with Crippen LogP contribution in [0.5, 0.6) is 0 Å². The molecule has 1 fully saturated rings. The molecule has 3 heterocycles. The Morgan fingerprint density at radius 1 is 1.15 bits per heavy atom. The maximum atomic E-state index is 13.0. The Bertz CT molecular complexity index is 891. The molecule has 0 bridgehead atoms. The van der Waals surface area contributed by atoms with Crippen molar-refractivity contribution in [3.8, 4) is 11.4 Å². The molecule has 2 aromatic heterocycles. The third-order valence-electron chi connectivity index (χ3n) is 4.20. The standard InChI is InChI=1S/C17H19FN6O2S/c1-2-24-16(23-7-9-25-10-8-23)20-21-17(24)27-11-14-19-15(22-26-14)12-3-5-13(18)6-4-12/h3-6H,2,7-11H2,1H3. The van der Waals surface area contributed by atoms with Crippen LogP contribution >= 0.6 is 11.8 Å². The Morgan fingerprint density at radius 3 is 2.67 bits per heavy atom. The fourth-order valence-electron chi connectivity index (χ4n) is 2.82. The quantitative estimate of drug-likeness (QED) is 0.594. The molecule has 0 spiro atoms. The molecular formula is C17H19FN6O2S. The van der Waals surface area contributed by atoms with Crippen molar-refractivity contribution in [1.82, 2.24) is 24.9 Å². The number of nitrogens with zero attached hydrogens (tertiary/aromatic N) is 6. The number of hydrogen-bond donors (Lipinski definition) is 0. The molecule has 1 aliphatic heterocycles. The SMILES string of the molecule is CCn1c(SCc2nc(-c3ccc(F)cc3)no2)nnc1N1CCOCC1. The largest absolute Gasteiger partial charge is 0.378 e. The third kappa shape index (κ3) is 3.96. The molecule has 1 aromatic carbocycles. The fraction of sp³-hybridized carbons (Fsp3) is 0.412.